The molecule has 0 spiro atoms. The van der Waals surface area contributed by atoms with E-state index < -0.39 is 11.6 Å². The standard InChI is InChI=1S/C14H18F2N2O/c1-9-10(2)18(6-5-17-9)14(19)8-11-3-4-12(15)13(16)7-11/h3-4,7,9-10,17H,5-6,8H2,1-2H3. The third-order valence-corrected chi connectivity index (χ3v) is 3.69. The zero-order valence-corrected chi connectivity index (χ0v) is 11.1. The lowest BCUT2D eigenvalue weighted by molar-refractivity contribution is -0.134. The number of benzene rings is 1. The van der Waals surface area contributed by atoms with Crippen LogP contribution >= 0.6 is 0 Å². The van der Waals surface area contributed by atoms with Crippen molar-refractivity contribution in [2.24, 2.45) is 0 Å². The first-order valence-electron chi connectivity index (χ1n) is 6.46. The molecule has 0 saturated carbocycles. The van der Waals surface area contributed by atoms with E-state index >= 15 is 0 Å². The predicted molar refractivity (Wildman–Crippen MR) is 68.7 cm³/mol. The maximum absolute atomic E-state index is 13.1. The van der Waals surface area contributed by atoms with Crippen molar-refractivity contribution in [2.75, 3.05) is 13.1 Å². The highest BCUT2D eigenvalue weighted by atomic mass is 19.2. The first-order chi connectivity index (χ1) is 8.99. The van der Waals surface area contributed by atoms with Crippen LogP contribution in [0.3, 0.4) is 0 Å². The van der Waals surface area contributed by atoms with E-state index in [2.05, 4.69) is 5.32 Å². The van der Waals surface area contributed by atoms with Gasteiger partial charge in [0.1, 0.15) is 0 Å². The minimum Gasteiger partial charge on any atom is -0.337 e. The molecule has 2 atom stereocenters. The normalized spacial score (nSPS) is 23.5. The van der Waals surface area contributed by atoms with Crippen LogP contribution in [0.1, 0.15) is 19.4 Å². The van der Waals surface area contributed by atoms with Gasteiger partial charge in [-0.3, -0.25) is 4.79 Å². The van der Waals surface area contributed by atoms with Gasteiger partial charge < -0.3 is 10.2 Å². The van der Waals surface area contributed by atoms with Gasteiger partial charge in [-0.1, -0.05) is 6.07 Å². The van der Waals surface area contributed by atoms with Gasteiger partial charge >= 0.3 is 0 Å². The Morgan fingerprint density at radius 1 is 1.37 bits per heavy atom. The van der Waals surface area contributed by atoms with Gasteiger partial charge in [0, 0.05) is 25.2 Å². The molecule has 1 aromatic rings. The van der Waals surface area contributed by atoms with Gasteiger partial charge in [-0.2, -0.15) is 0 Å². The predicted octanol–water partition coefficient (Wildman–Crippen LogP) is 1.72. The van der Waals surface area contributed by atoms with Crippen molar-refractivity contribution in [1.29, 1.82) is 0 Å². The van der Waals surface area contributed by atoms with E-state index in [1.165, 1.54) is 6.07 Å². The molecule has 1 heterocycles. The zero-order chi connectivity index (χ0) is 14.0. The maximum Gasteiger partial charge on any atom is 0.227 e. The van der Waals surface area contributed by atoms with E-state index in [0.29, 0.717) is 12.1 Å². The summed E-state index contributed by atoms with van der Waals surface area (Å²) in [5.41, 5.74) is 0.502. The average molecular weight is 268 g/mol. The molecule has 1 aliphatic rings. The van der Waals surface area contributed by atoms with Crippen LogP contribution in [0.4, 0.5) is 8.78 Å². The first-order valence-corrected chi connectivity index (χ1v) is 6.46. The highest BCUT2D eigenvalue weighted by Gasteiger charge is 2.27. The monoisotopic (exact) mass is 268 g/mol. The van der Waals surface area contributed by atoms with Crippen molar-refractivity contribution in [1.82, 2.24) is 10.2 Å². The van der Waals surface area contributed by atoms with Gasteiger partial charge in [0.2, 0.25) is 5.91 Å². The SMILES string of the molecule is CC1NCCN(C(=O)Cc2ccc(F)c(F)c2)C1C. The molecule has 1 amide bonds. The van der Waals surface area contributed by atoms with E-state index in [4.69, 9.17) is 0 Å². The average Bonchev–Trinajstić information content (AvgIpc) is 2.37. The number of nitrogens with one attached hydrogen (secondary N) is 1. The quantitative estimate of drug-likeness (QED) is 0.885. The molecule has 2 rings (SSSR count). The summed E-state index contributed by atoms with van der Waals surface area (Å²) in [4.78, 5) is 14.0. The molecule has 1 fully saturated rings. The number of carbonyl (C=O) groups is 1. The lowest BCUT2D eigenvalue weighted by Gasteiger charge is -2.38. The molecule has 1 N–H and O–H groups in total. The highest BCUT2D eigenvalue weighted by Crippen LogP contribution is 2.14. The van der Waals surface area contributed by atoms with Gasteiger partial charge in [-0.25, -0.2) is 8.78 Å². The molecular formula is C14H18F2N2O. The Balaban J connectivity index is 2.05. The molecule has 104 valence electrons. The van der Waals surface area contributed by atoms with Crippen LogP contribution in [0.25, 0.3) is 0 Å². The van der Waals surface area contributed by atoms with Crippen LogP contribution in [0, 0.1) is 11.6 Å². The molecule has 19 heavy (non-hydrogen) atoms. The summed E-state index contributed by atoms with van der Waals surface area (Å²) in [5.74, 6) is -1.85. The van der Waals surface area contributed by atoms with E-state index in [1.807, 2.05) is 13.8 Å². The second-order valence-corrected chi connectivity index (χ2v) is 5.00. The molecular weight excluding hydrogens is 250 g/mol. The smallest absolute Gasteiger partial charge is 0.227 e. The van der Waals surface area contributed by atoms with Gasteiger partial charge in [0.05, 0.1) is 6.42 Å². The van der Waals surface area contributed by atoms with Gasteiger partial charge in [-0.15, -0.1) is 0 Å². The Hall–Kier alpha value is -1.49. The second kappa shape index (κ2) is 5.65. The Morgan fingerprint density at radius 2 is 2.11 bits per heavy atom. The summed E-state index contributed by atoms with van der Waals surface area (Å²) < 4.78 is 25.9. The number of piperazine rings is 1. The van der Waals surface area contributed by atoms with Crippen molar-refractivity contribution in [3.63, 3.8) is 0 Å². The van der Waals surface area contributed by atoms with Crippen LogP contribution in [0.2, 0.25) is 0 Å². The van der Waals surface area contributed by atoms with Crippen molar-refractivity contribution in [3.05, 3.63) is 35.4 Å². The molecule has 1 aliphatic heterocycles. The van der Waals surface area contributed by atoms with Crippen molar-refractivity contribution < 1.29 is 13.6 Å². The summed E-state index contributed by atoms with van der Waals surface area (Å²) in [6, 6.07) is 3.94. The number of rotatable bonds is 2. The lowest BCUT2D eigenvalue weighted by atomic mass is 10.0. The zero-order valence-electron chi connectivity index (χ0n) is 11.1. The Bertz CT molecular complexity index is 479. The van der Waals surface area contributed by atoms with Gasteiger partial charge in [0.25, 0.3) is 0 Å². The Labute approximate surface area is 111 Å². The van der Waals surface area contributed by atoms with Crippen molar-refractivity contribution in [2.45, 2.75) is 32.4 Å². The fourth-order valence-corrected chi connectivity index (χ4v) is 2.33. The van der Waals surface area contributed by atoms with E-state index in [0.717, 1.165) is 18.7 Å². The molecule has 0 aromatic heterocycles. The Kier molecular flexibility index (Phi) is 4.14. The number of carbonyl (C=O) groups excluding carboxylic acids is 1. The van der Waals surface area contributed by atoms with Crippen LogP contribution in [0.15, 0.2) is 18.2 Å². The largest absolute Gasteiger partial charge is 0.337 e. The second-order valence-electron chi connectivity index (χ2n) is 5.00. The maximum atomic E-state index is 13.1. The van der Waals surface area contributed by atoms with E-state index in [9.17, 15) is 13.6 Å². The Morgan fingerprint density at radius 3 is 2.79 bits per heavy atom. The van der Waals surface area contributed by atoms with Crippen LogP contribution in [-0.4, -0.2) is 36.0 Å². The molecule has 1 aromatic carbocycles. The number of hydrogen-bond donors (Lipinski definition) is 1. The molecule has 1 saturated heterocycles. The third kappa shape index (κ3) is 3.10. The summed E-state index contributed by atoms with van der Waals surface area (Å²) in [6.07, 6.45) is 0.105. The van der Waals surface area contributed by atoms with E-state index in [1.54, 1.807) is 4.90 Å². The fourth-order valence-electron chi connectivity index (χ4n) is 2.33. The molecule has 3 nitrogen and oxygen atoms in total. The van der Waals surface area contributed by atoms with Crippen LogP contribution < -0.4 is 5.32 Å². The lowest BCUT2D eigenvalue weighted by Crippen LogP contribution is -2.57. The summed E-state index contributed by atoms with van der Waals surface area (Å²) in [7, 11) is 0. The number of halogens is 2. The first kappa shape index (κ1) is 13.9. The summed E-state index contributed by atoms with van der Waals surface area (Å²) in [6.45, 7) is 5.42. The van der Waals surface area contributed by atoms with Crippen molar-refractivity contribution in [3.8, 4) is 0 Å². The number of hydrogen-bond acceptors (Lipinski definition) is 2. The summed E-state index contributed by atoms with van der Waals surface area (Å²) >= 11 is 0. The minimum atomic E-state index is -0.910. The molecule has 2 unspecified atom stereocenters. The van der Waals surface area contributed by atoms with Crippen molar-refractivity contribution >= 4 is 5.91 Å². The summed E-state index contributed by atoms with van der Waals surface area (Å²) in [5, 5.41) is 3.29. The molecule has 0 bridgehead atoms. The topological polar surface area (TPSA) is 32.3 Å². The molecule has 5 heteroatoms. The highest BCUT2D eigenvalue weighted by molar-refractivity contribution is 5.79. The number of nitrogens with zero attached hydrogens (tertiary/aromatic N) is 1. The van der Waals surface area contributed by atoms with Crippen LogP contribution in [-0.2, 0) is 11.2 Å². The van der Waals surface area contributed by atoms with E-state index in [-0.39, 0.29) is 24.4 Å². The minimum absolute atomic E-state index is 0.0492. The number of amides is 1. The molecule has 0 aliphatic carbocycles. The van der Waals surface area contributed by atoms with Gasteiger partial charge in [0.15, 0.2) is 11.6 Å². The van der Waals surface area contributed by atoms with Crippen LogP contribution in [0.5, 0.6) is 0 Å². The third-order valence-electron chi connectivity index (χ3n) is 3.69. The van der Waals surface area contributed by atoms with Gasteiger partial charge in [-0.05, 0) is 31.5 Å². The molecule has 0 radical (unpaired) electrons. The fraction of sp³-hybridized carbons (Fsp3) is 0.500.